The van der Waals surface area contributed by atoms with Crippen molar-refractivity contribution in [2.24, 2.45) is 23.5 Å². The molecule has 1 fully saturated rings. The number of aliphatic carboxylic acids is 1. The molecule has 1 aliphatic rings. The van der Waals surface area contributed by atoms with Gasteiger partial charge >= 0.3 is 5.97 Å². The molecule has 12 heavy (non-hydrogen) atoms. The molecule has 1 saturated carbocycles. The van der Waals surface area contributed by atoms with Gasteiger partial charge < -0.3 is 10.8 Å². The lowest BCUT2D eigenvalue weighted by molar-refractivity contribution is -0.141. The molecule has 0 bridgehead atoms. The average molecular weight is 171 g/mol. The molecule has 1 rings (SSSR count). The number of carboxylic acid groups (broad SMARTS) is 1. The Balaban J connectivity index is 2.56. The Morgan fingerprint density at radius 1 is 1.50 bits per heavy atom. The zero-order chi connectivity index (χ0) is 9.30. The summed E-state index contributed by atoms with van der Waals surface area (Å²) in [5.74, 6) is 0.0106. The van der Waals surface area contributed by atoms with E-state index in [1.54, 1.807) is 0 Å². The third kappa shape index (κ3) is 1.78. The van der Waals surface area contributed by atoms with Crippen molar-refractivity contribution in [2.75, 3.05) is 0 Å². The number of hydrogen-bond acceptors (Lipinski definition) is 2. The molecule has 0 aromatic rings. The first-order chi connectivity index (χ1) is 5.52. The van der Waals surface area contributed by atoms with Gasteiger partial charge in [0.05, 0.1) is 5.92 Å². The van der Waals surface area contributed by atoms with Crippen molar-refractivity contribution in [1.29, 1.82) is 0 Å². The van der Waals surface area contributed by atoms with Crippen LogP contribution in [0.2, 0.25) is 0 Å². The van der Waals surface area contributed by atoms with E-state index in [-0.39, 0.29) is 12.0 Å². The fourth-order valence-electron chi connectivity index (χ4n) is 2.07. The fraction of sp³-hybridized carbons (Fsp3) is 0.889. The number of hydrogen-bond donors (Lipinski definition) is 2. The first-order valence-electron chi connectivity index (χ1n) is 4.50. The molecular formula is C9H17NO2. The molecule has 0 aromatic carbocycles. The maximum Gasteiger partial charge on any atom is 0.306 e. The molecule has 3 N–H and O–H groups in total. The zero-order valence-electron chi connectivity index (χ0n) is 7.66. The largest absolute Gasteiger partial charge is 0.481 e. The van der Waals surface area contributed by atoms with Crippen LogP contribution >= 0.6 is 0 Å². The summed E-state index contributed by atoms with van der Waals surface area (Å²) in [6, 6.07) is 0.0890. The van der Waals surface area contributed by atoms with Crippen LogP contribution in [0, 0.1) is 17.8 Å². The maximum atomic E-state index is 10.7. The molecule has 0 unspecified atom stereocenters. The van der Waals surface area contributed by atoms with Crippen molar-refractivity contribution in [3.05, 3.63) is 0 Å². The second-order valence-corrected chi connectivity index (χ2v) is 4.08. The fourth-order valence-corrected chi connectivity index (χ4v) is 2.07. The van der Waals surface area contributed by atoms with Crippen molar-refractivity contribution in [1.82, 2.24) is 0 Å². The van der Waals surface area contributed by atoms with Crippen LogP contribution in [0.3, 0.4) is 0 Å². The van der Waals surface area contributed by atoms with Crippen LogP contribution in [0.15, 0.2) is 0 Å². The van der Waals surface area contributed by atoms with E-state index in [4.69, 9.17) is 10.8 Å². The molecule has 0 radical (unpaired) electrons. The Bertz CT molecular complexity index is 179. The third-order valence-corrected chi connectivity index (χ3v) is 2.87. The molecule has 0 saturated heterocycles. The van der Waals surface area contributed by atoms with E-state index in [9.17, 15) is 4.79 Å². The molecule has 0 heterocycles. The van der Waals surface area contributed by atoms with Gasteiger partial charge in [0.25, 0.3) is 0 Å². The van der Waals surface area contributed by atoms with Crippen molar-refractivity contribution in [3.63, 3.8) is 0 Å². The van der Waals surface area contributed by atoms with Gasteiger partial charge in [0, 0.05) is 6.04 Å². The summed E-state index contributed by atoms with van der Waals surface area (Å²) in [5, 5.41) is 8.78. The predicted octanol–water partition coefficient (Wildman–Crippen LogP) is 1.08. The topological polar surface area (TPSA) is 63.3 Å². The van der Waals surface area contributed by atoms with Gasteiger partial charge in [-0.15, -0.1) is 0 Å². The lowest BCUT2D eigenvalue weighted by Gasteiger charge is -2.18. The average Bonchev–Trinajstić information content (AvgIpc) is 2.30. The van der Waals surface area contributed by atoms with E-state index in [1.165, 1.54) is 0 Å². The predicted molar refractivity (Wildman–Crippen MR) is 46.7 cm³/mol. The van der Waals surface area contributed by atoms with E-state index in [0.717, 1.165) is 6.42 Å². The van der Waals surface area contributed by atoms with Gasteiger partial charge in [-0.3, -0.25) is 4.79 Å². The van der Waals surface area contributed by atoms with Crippen LogP contribution in [0.5, 0.6) is 0 Å². The third-order valence-electron chi connectivity index (χ3n) is 2.87. The minimum Gasteiger partial charge on any atom is -0.481 e. The second-order valence-electron chi connectivity index (χ2n) is 4.08. The molecular weight excluding hydrogens is 154 g/mol. The van der Waals surface area contributed by atoms with Crippen LogP contribution in [-0.4, -0.2) is 17.1 Å². The van der Waals surface area contributed by atoms with Gasteiger partial charge in [-0.05, 0) is 24.7 Å². The van der Waals surface area contributed by atoms with Crippen LogP contribution in [0.4, 0.5) is 0 Å². The number of carboxylic acids is 1. The smallest absolute Gasteiger partial charge is 0.306 e. The quantitative estimate of drug-likeness (QED) is 0.653. The number of carbonyl (C=O) groups is 1. The number of nitrogens with two attached hydrogens (primary N) is 1. The highest BCUT2D eigenvalue weighted by atomic mass is 16.4. The summed E-state index contributed by atoms with van der Waals surface area (Å²) in [5.41, 5.74) is 5.84. The molecule has 3 heteroatoms. The minimum atomic E-state index is -0.686. The van der Waals surface area contributed by atoms with Crippen LogP contribution in [-0.2, 0) is 4.79 Å². The molecule has 0 aliphatic heterocycles. The monoisotopic (exact) mass is 171 g/mol. The molecule has 3 atom stereocenters. The van der Waals surface area contributed by atoms with Gasteiger partial charge in [-0.2, -0.15) is 0 Å². The van der Waals surface area contributed by atoms with Crippen LogP contribution in [0.1, 0.15) is 26.7 Å². The Hall–Kier alpha value is -0.570. The summed E-state index contributed by atoms with van der Waals surface area (Å²) in [4.78, 5) is 10.7. The van der Waals surface area contributed by atoms with Crippen molar-refractivity contribution in [3.8, 4) is 0 Å². The Kier molecular flexibility index (Phi) is 2.73. The van der Waals surface area contributed by atoms with E-state index >= 15 is 0 Å². The highest BCUT2D eigenvalue weighted by molar-refractivity contribution is 5.70. The summed E-state index contributed by atoms with van der Waals surface area (Å²) in [6.45, 7) is 4.21. The minimum absolute atomic E-state index is 0.0890. The maximum absolute atomic E-state index is 10.7. The number of rotatable bonds is 2. The molecule has 0 amide bonds. The lowest BCUT2D eigenvalue weighted by Crippen LogP contribution is -2.27. The molecule has 70 valence electrons. The Morgan fingerprint density at radius 3 is 2.33 bits per heavy atom. The molecule has 1 aliphatic carbocycles. The molecule has 3 nitrogen and oxygen atoms in total. The van der Waals surface area contributed by atoms with Gasteiger partial charge in [0.15, 0.2) is 0 Å². The normalized spacial score (nSPS) is 35.8. The van der Waals surface area contributed by atoms with E-state index in [2.05, 4.69) is 13.8 Å². The summed E-state index contributed by atoms with van der Waals surface area (Å²) >= 11 is 0. The van der Waals surface area contributed by atoms with E-state index < -0.39 is 5.97 Å². The first kappa shape index (κ1) is 9.52. The molecule has 0 aromatic heterocycles. The van der Waals surface area contributed by atoms with Gasteiger partial charge in [-0.25, -0.2) is 0 Å². The first-order valence-corrected chi connectivity index (χ1v) is 4.50. The lowest BCUT2D eigenvalue weighted by atomic mass is 9.91. The second kappa shape index (κ2) is 3.44. The molecule has 0 spiro atoms. The van der Waals surface area contributed by atoms with Crippen LogP contribution in [0.25, 0.3) is 0 Å². The van der Waals surface area contributed by atoms with Gasteiger partial charge in [0.1, 0.15) is 0 Å². The van der Waals surface area contributed by atoms with Gasteiger partial charge in [0.2, 0.25) is 0 Å². The highest BCUT2D eigenvalue weighted by Gasteiger charge is 2.36. The van der Waals surface area contributed by atoms with Crippen molar-refractivity contribution < 1.29 is 9.90 Å². The van der Waals surface area contributed by atoms with Crippen LogP contribution < -0.4 is 5.73 Å². The van der Waals surface area contributed by atoms with Crippen molar-refractivity contribution >= 4 is 5.97 Å². The van der Waals surface area contributed by atoms with E-state index in [1.807, 2.05) is 0 Å². The SMILES string of the molecule is CC(C)[C@@H]1C[C@@H](C(=O)O)C[C@H]1N. The summed E-state index contributed by atoms with van der Waals surface area (Å²) < 4.78 is 0. The van der Waals surface area contributed by atoms with Crippen molar-refractivity contribution in [2.45, 2.75) is 32.7 Å². The standard InChI is InChI=1S/C9H17NO2/c1-5(2)7-3-6(9(11)12)4-8(7)10/h5-8H,3-4,10H2,1-2H3,(H,11,12)/t6-,7+,8-/m1/s1. The zero-order valence-corrected chi connectivity index (χ0v) is 7.66. The Morgan fingerprint density at radius 2 is 2.08 bits per heavy atom. The van der Waals surface area contributed by atoms with Gasteiger partial charge in [-0.1, -0.05) is 13.8 Å². The Labute approximate surface area is 72.9 Å². The summed E-state index contributed by atoms with van der Waals surface area (Å²) in [6.07, 6.45) is 1.41. The highest BCUT2D eigenvalue weighted by Crippen LogP contribution is 2.34. The summed E-state index contributed by atoms with van der Waals surface area (Å²) in [7, 11) is 0. The van der Waals surface area contributed by atoms with E-state index in [0.29, 0.717) is 18.3 Å².